The number of nitrogens with zero attached hydrogens (tertiary/aromatic N) is 1. The quantitative estimate of drug-likeness (QED) is 0.820. The van der Waals surface area contributed by atoms with Gasteiger partial charge in [-0.3, -0.25) is 0 Å². The van der Waals surface area contributed by atoms with E-state index in [-0.39, 0.29) is 17.2 Å². The van der Waals surface area contributed by atoms with Crippen LogP contribution in [0.4, 0.5) is 14.9 Å². The second-order valence-electron chi connectivity index (χ2n) is 5.36. The van der Waals surface area contributed by atoms with E-state index in [1.54, 1.807) is 34.9 Å². The molecular weight excluding hydrogens is 335 g/mol. The number of benzene rings is 2. The molecule has 1 atom stereocenters. The topological polar surface area (TPSA) is 32.3 Å². The fraction of sp³-hybridized carbons (Fsp3) is 0.235. The molecule has 1 saturated heterocycles. The number of carbonyl (C=O) groups excluding carboxylic acids is 1. The standard InChI is InChI=1S/C17H16ClFN2OS/c1-11-2-7-14(10-15(11)18)20-17(22)21-8-9-23-16(21)12-3-5-13(19)6-4-12/h2-7,10,16H,8-9H2,1H3,(H,20,22). The third-order valence-corrected chi connectivity index (χ3v) is 5.40. The van der Waals surface area contributed by atoms with Gasteiger partial charge < -0.3 is 10.2 Å². The highest BCUT2D eigenvalue weighted by Gasteiger charge is 2.30. The number of carbonyl (C=O) groups is 1. The largest absolute Gasteiger partial charge is 0.323 e. The van der Waals surface area contributed by atoms with Crippen molar-refractivity contribution in [1.29, 1.82) is 0 Å². The first-order chi connectivity index (χ1) is 11.0. The zero-order valence-electron chi connectivity index (χ0n) is 12.6. The third-order valence-electron chi connectivity index (χ3n) is 3.73. The number of hydrogen-bond donors (Lipinski definition) is 1. The van der Waals surface area contributed by atoms with Crippen LogP contribution in [-0.4, -0.2) is 23.2 Å². The lowest BCUT2D eigenvalue weighted by molar-refractivity contribution is 0.214. The van der Waals surface area contributed by atoms with Crippen molar-refractivity contribution in [2.75, 3.05) is 17.6 Å². The number of nitrogens with one attached hydrogen (secondary N) is 1. The average molecular weight is 351 g/mol. The molecule has 0 bridgehead atoms. The number of thioether (sulfide) groups is 1. The van der Waals surface area contributed by atoms with Crippen molar-refractivity contribution in [1.82, 2.24) is 4.90 Å². The molecule has 2 amide bonds. The predicted molar refractivity (Wildman–Crippen MR) is 93.5 cm³/mol. The van der Waals surface area contributed by atoms with E-state index in [0.29, 0.717) is 17.3 Å². The first kappa shape index (κ1) is 16.1. The van der Waals surface area contributed by atoms with Crippen molar-refractivity contribution < 1.29 is 9.18 Å². The van der Waals surface area contributed by atoms with Crippen LogP contribution in [-0.2, 0) is 0 Å². The van der Waals surface area contributed by atoms with Crippen molar-refractivity contribution in [3.05, 3.63) is 64.4 Å². The van der Waals surface area contributed by atoms with Gasteiger partial charge in [-0.15, -0.1) is 11.8 Å². The van der Waals surface area contributed by atoms with Crippen molar-refractivity contribution in [3.8, 4) is 0 Å². The van der Waals surface area contributed by atoms with Crippen LogP contribution >= 0.6 is 23.4 Å². The molecule has 0 radical (unpaired) electrons. The Morgan fingerprint density at radius 1 is 1.30 bits per heavy atom. The number of hydrogen-bond acceptors (Lipinski definition) is 2. The van der Waals surface area contributed by atoms with Crippen LogP contribution < -0.4 is 5.32 Å². The number of rotatable bonds is 2. The third kappa shape index (κ3) is 3.62. The molecule has 3 nitrogen and oxygen atoms in total. The molecule has 2 aromatic carbocycles. The summed E-state index contributed by atoms with van der Waals surface area (Å²) < 4.78 is 13.1. The van der Waals surface area contributed by atoms with E-state index in [4.69, 9.17) is 11.6 Å². The Kier molecular flexibility index (Phi) is 4.78. The van der Waals surface area contributed by atoms with E-state index < -0.39 is 0 Å². The fourth-order valence-electron chi connectivity index (χ4n) is 2.45. The molecule has 6 heteroatoms. The lowest BCUT2D eigenvalue weighted by Gasteiger charge is -2.24. The Morgan fingerprint density at radius 3 is 2.74 bits per heavy atom. The van der Waals surface area contributed by atoms with Gasteiger partial charge in [0.15, 0.2) is 0 Å². The van der Waals surface area contributed by atoms with E-state index in [9.17, 15) is 9.18 Å². The van der Waals surface area contributed by atoms with Crippen molar-refractivity contribution in [2.45, 2.75) is 12.3 Å². The molecule has 0 spiro atoms. The highest BCUT2D eigenvalue weighted by Crippen LogP contribution is 2.38. The van der Waals surface area contributed by atoms with Crippen molar-refractivity contribution in [3.63, 3.8) is 0 Å². The summed E-state index contributed by atoms with van der Waals surface area (Å²) in [6, 6.07) is 11.6. The smallest absolute Gasteiger partial charge is 0.308 e. The molecule has 1 fully saturated rings. The Hall–Kier alpha value is -1.72. The maximum Gasteiger partial charge on any atom is 0.323 e. The lowest BCUT2D eigenvalue weighted by Crippen LogP contribution is -2.34. The highest BCUT2D eigenvalue weighted by atomic mass is 35.5. The van der Waals surface area contributed by atoms with Crippen LogP contribution in [0.25, 0.3) is 0 Å². The molecule has 3 rings (SSSR count). The van der Waals surface area contributed by atoms with Gasteiger partial charge in [-0.2, -0.15) is 0 Å². The van der Waals surface area contributed by atoms with Gasteiger partial charge in [-0.1, -0.05) is 29.8 Å². The van der Waals surface area contributed by atoms with Crippen LogP contribution in [0.3, 0.4) is 0 Å². The summed E-state index contributed by atoms with van der Waals surface area (Å²) in [6.07, 6.45) is 0. The van der Waals surface area contributed by atoms with Crippen molar-refractivity contribution >= 4 is 35.1 Å². The minimum absolute atomic E-state index is 0.100. The summed E-state index contributed by atoms with van der Waals surface area (Å²) in [5, 5.41) is 3.40. The van der Waals surface area contributed by atoms with E-state index in [2.05, 4.69) is 5.32 Å². The van der Waals surface area contributed by atoms with Crippen LogP contribution in [0.15, 0.2) is 42.5 Å². The number of anilines is 1. The summed E-state index contributed by atoms with van der Waals surface area (Å²) in [4.78, 5) is 14.3. The van der Waals surface area contributed by atoms with Gasteiger partial charge in [-0.05, 0) is 42.3 Å². The van der Waals surface area contributed by atoms with Gasteiger partial charge in [-0.25, -0.2) is 9.18 Å². The van der Waals surface area contributed by atoms with Gasteiger partial charge >= 0.3 is 6.03 Å². The molecule has 120 valence electrons. The molecule has 0 saturated carbocycles. The molecule has 1 N–H and O–H groups in total. The second kappa shape index (κ2) is 6.81. The predicted octanol–water partition coefficient (Wildman–Crippen LogP) is 5.07. The first-order valence-electron chi connectivity index (χ1n) is 7.25. The minimum atomic E-state index is -0.276. The van der Waals surface area contributed by atoms with Gasteiger partial charge in [0.25, 0.3) is 0 Å². The highest BCUT2D eigenvalue weighted by molar-refractivity contribution is 7.99. The van der Waals surface area contributed by atoms with E-state index in [0.717, 1.165) is 16.9 Å². The Labute approximate surface area is 143 Å². The van der Waals surface area contributed by atoms with Crippen LogP contribution in [0.2, 0.25) is 5.02 Å². The average Bonchev–Trinajstić information content (AvgIpc) is 3.01. The second-order valence-corrected chi connectivity index (χ2v) is 6.96. The summed E-state index contributed by atoms with van der Waals surface area (Å²) in [6.45, 7) is 2.56. The Balaban J connectivity index is 1.75. The van der Waals surface area contributed by atoms with Gasteiger partial charge in [0.1, 0.15) is 11.2 Å². The van der Waals surface area contributed by atoms with Crippen LogP contribution in [0.5, 0.6) is 0 Å². The van der Waals surface area contributed by atoms with E-state index >= 15 is 0 Å². The van der Waals surface area contributed by atoms with Crippen molar-refractivity contribution in [2.24, 2.45) is 0 Å². The summed E-state index contributed by atoms with van der Waals surface area (Å²) in [5.74, 6) is 0.575. The maximum absolute atomic E-state index is 13.1. The molecule has 1 unspecified atom stereocenters. The van der Waals surface area contributed by atoms with Gasteiger partial charge in [0.2, 0.25) is 0 Å². The maximum atomic E-state index is 13.1. The Morgan fingerprint density at radius 2 is 2.04 bits per heavy atom. The molecule has 2 aromatic rings. The van der Waals surface area contributed by atoms with Gasteiger partial charge in [0.05, 0.1) is 0 Å². The minimum Gasteiger partial charge on any atom is -0.308 e. The SMILES string of the molecule is Cc1ccc(NC(=O)N2CCSC2c2ccc(F)cc2)cc1Cl. The number of halogens is 2. The fourth-order valence-corrected chi connectivity index (χ4v) is 3.88. The molecule has 1 aliphatic heterocycles. The number of urea groups is 1. The van der Waals surface area contributed by atoms with Gasteiger partial charge in [0, 0.05) is 23.0 Å². The zero-order chi connectivity index (χ0) is 16.4. The molecule has 1 aliphatic rings. The van der Waals surface area contributed by atoms with E-state index in [1.807, 2.05) is 19.1 Å². The molecule has 1 heterocycles. The normalized spacial score (nSPS) is 17.3. The zero-order valence-corrected chi connectivity index (χ0v) is 14.1. The summed E-state index contributed by atoms with van der Waals surface area (Å²) in [5.41, 5.74) is 2.55. The first-order valence-corrected chi connectivity index (χ1v) is 8.68. The Bertz CT molecular complexity index is 723. The summed E-state index contributed by atoms with van der Waals surface area (Å²) in [7, 11) is 0. The van der Waals surface area contributed by atoms with E-state index in [1.165, 1.54) is 12.1 Å². The molecule has 0 aromatic heterocycles. The molecular formula is C17H16ClFN2OS. The monoisotopic (exact) mass is 350 g/mol. The molecule has 0 aliphatic carbocycles. The summed E-state index contributed by atoms with van der Waals surface area (Å²) >= 11 is 7.76. The number of aryl methyl sites for hydroxylation is 1. The number of amides is 2. The molecule has 23 heavy (non-hydrogen) atoms. The lowest BCUT2D eigenvalue weighted by atomic mass is 10.2. The van der Waals surface area contributed by atoms with Crippen LogP contribution in [0.1, 0.15) is 16.5 Å². The van der Waals surface area contributed by atoms with Crippen LogP contribution in [0, 0.1) is 12.7 Å².